The van der Waals surface area contributed by atoms with E-state index in [9.17, 15) is 9.59 Å². The molecule has 8 heteroatoms. The van der Waals surface area contributed by atoms with Gasteiger partial charge < -0.3 is 25.2 Å². The summed E-state index contributed by atoms with van der Waals surface area (Å²) >= 11 is 0. The summed E-state index contributed by atoms with van der Waals surface area (Å²) < 4.78 is 10.5. The molecule has 27 heavy (non-hydrogen) atoms. The van der Waals surface area contributed by atoms with Gasteiger partial charge in [-0.15, -0.1) is 0 Å². The predicted octanol–water partition coefficient (Wildman–Crippen LogP) is 2.08. The summed E-state index contributed by atoms with van der Waals surface area (Å²) in [6.45, 7) is 5.57. The van der Waals surface area contributed by atoms with Gasteiger partial charge in [-0.2, -0.15) is 0 Å². The quantitative estimate of drug-likeness (QED) is 0.538. The van der Waals surface area contributed by atoms with Crippen LogP contribution in [-0.2, 0) is 9.53 Å². The maximum Gasteiger partial charge on any atom is 0.319 e. The van der Waals surface area contributed by atoms with Crippen LogP contribution in [0.2, 0.25) is 0 Å². The third-order valence-corrected chi connectivity index (χ3v) is 4.71. The largest absolute Gasteiger partial charge is 0.491 e. The maximum absolute atomic E-state index is 12.2. The number of urea groups is 1. The number of carbonyl (C=O) groups excluding carboxylic acids is 1. The van der Waals surface area contributed by atoms with Gasteiger partial charge in [0.05, 0.1) is 13.2 Å². The second-order valence-electron chi connectivity index (χ2n) is 6.70. The molecule has 0 aromatic heterocycles. The van der Waals surface area contributed by atoms with Gasteiger partial charge in [0.1, 0.15) is 12.4 Å². The average molecular weight is 379 g/mol. The molecule has 0 radical (unpaired) electrons. The Labute approximate surface area is 159 Å². The summed E-state index contributed by atoms with van der Waals surface area (Å²) in [6.07, 6.45) is 1.53. The van der Waals surface area contributed by atoms with Crippen LogP contribution in [0, 0.1) is 6.92 Å². The normalized spacial score (nSPS) is 18.7. The molecule has 8 nitrogen and oxygen atoms in total. The van der Waals surface area contributed by atoms with Crippen molar-refractivity contribution in [3.05, 3.63) is 23.8 Å². The first-order valence-corrected chi connectivity index (χ1v) is 9.18. The third kappa shape index (κ3) is 6.41. The number of ether oxygens (including phenoxy) is 2. The van der Waals surface area contributed by atoms with E-state index < -0.39 is 5.97 Å². The van der Waals surface area contributed by atoms with Gasteiger partial charge >= 0.3 is 12.0 Å². The van der Waals surface area contributed by atoms with E-state index in [0.29, 0.717) is 19.8 Å². The Morgan fingerprint density at radius 2 is 2.04 bits per heavy atom. The van der Waals surface area contributed by atoms with Crippen molar-refractivity contribution in [3.63, 3.8) is 0 Å². The van der Waals surface area contributed by atoms with Crippen LogP contribution in [0.15, 0.2) is 18.2 Å². The van der Waals surface area contributed by atoms with Crippen LogP contribution < -0.4 is 15.4 Å². The Morgan fingerprint density at radius 1 is 1.30 bits per heavy atom. The fourth-order valence-electron chi connectivity index (χ4n) is 3.13. The lowest BCUT2D eigenvalue weighted by Crippen LogP contribution is -2.55. The highest BCUT2D eigenvalue weighted by Crippen LogP contribution is 2.26. The highest BCUT2D eigenvalue weighted by atomic mass is 16.5. The number of methoxy groups -OCH3 is 1. The molecule has 1 aliphatic carbocycles. The number of amides is 2. The Hall–Kier alpha value is -2.32. The second-order valence-corrected chi connectivity index (χ2v) is 6.70. The minimum absolute atomic E-state index is 0.0398. The van der Waals surface area contributed by atoms with Gasteiger partial charge in [0.2, 0.25) is 0 Å². The Bertz CT molecular complexity index is 646. The predicted molar refractivity (Wildman–Crippen MR) is 102 cm³/mol. The van der Waals surface area contributed by atoms with Crippen molar-refractivity contribution in [2.24, 2.45) is 0 Å². The Morgan fingerprint density at radius 3 is 2.63 bits per heavy atom. The number of hydrogen-bond acceptors (Lipinski definition) is 5. The monoisotopic (exact) mass is 379 g/mol. The summed E-state index contributed by atoms with van der Waals surface area (Å²) in [7, 11) is 1.62. The first-order chi connectivity index (χ1) is 12.9. The molecule has 0 spiro atoms. The van der Waals surface area contributed by atoms with E-state index in [0.717, 1.165) is 29.8 Å². The highest BCUT2D eigenvalue weighted by molar-refractivity contribution is 5.90. The molecular formula is C19H29N3O5. The van der Waals surface area contributed by atoms with Crippen molar-refractivity contribution in [2.45, 2.75) is 38.8 Å². The van der Waals surface area contributed by atoms with Crippen LogP contribution in [-0.4, -0.2) is 67.5 Å². The number of aryl methyl sites for hydroxylation is 1. The zero-order chi connectivity index (χ0) is 19.8. The smallest absolute Gasteiger partial charge is 0.319 e. The molecule has 1 saturated carbocycles. The molecule has 0 heterocycles. The van der Waals surface area contributed by atoms with Gasteiger partial charge in [0, 0.05) is 24.9 Å². The van der Waals surface area contributed by atoms with Gasteiger partial charge in [0.25, 0.3) is 0 Å². The molecule has 0 bridgehead atoms. The maximum atomic E-state index is 12.2. The van der Waals surface area contributed by atoms with E-state index >= 15 is 0 Å². The molecule has 3 N–H and O–H groups in total. The molecule has 1 fully saturated rings. The first-order valence-electron chi connectivity index (χ1n) is 9.18. The van der Waals surface area contributed by atoms with Crippen LogP contribution in [0.4, 0.5) is 10.5 Å². The number of carboxylic acid groups (broad SMARTS) is 1. The van der Waals surface area contributed by atoms with Crippen LogP contribution in [0.5, 0.6) is 5.75 Å². The fraction of sp³-hybridized carbons (Fsp3) is 0.579. The molecule has 0 saturated heterocycles. The number of carbonyl (C=O) groups is 2. The van der Waals surface area contributed by atoms with E-state index in [2.05, 4.69) is 10.6 Å². The summed E-state index contributed by atoms with van der Waals surface area (Å²) in [5, 5.41) is 14.7. The molecule has 1 aliphatic rings. The molecule has 0 atom stereocenters. The number of nitrogens with one attached hydrogen (secondary N) is 2. The SMILES string of the molecule is CCN(CC(=O)O)C1CC(NC(=O)Nc2ccc(OCCOC)cc2C)C1. The van der Waals surface area contributed by atoms with Gasteiger partial charge in [-0.1, -0.05) is 6.92 Å². The van der Waals surface area contributed by atoms with Crippen molar-refractivity contribution in [3.8, 4) is 5.75 Å². The zero-order valence-corrected chi connectivity index (χ0v) is 16.2. The molecule has 150 valence electrons. The first kappa shape index (κ1) is 21.0. The van der Waals surface area contributed by atoms with E-state index in [1.807, 2.05) is 36.9 Å². The molecule has 1 aromatic rings. The zero-order valence-electron chi connectivity index (χ0n) is 16.2. The van der Waals surface area contributed by atoms with Crippen molar-refractivity contribution in [1.29, 1.82) is 0 Å². The van der Waals surface area contributed by atoms with Crippen molar-refractivity contribution in [2.75, 3.05) is 38.7 Å². The van der Waals surface area contributed by atoms with Gasteiger partial charge in [0.15, 0.2) is 0 Å². The van der Waals surface area contributed by atoms with Gasteiger partial charge in [-0.25, -0.2) is 4.79 Å². The molecule has 0 aliphatic heterocycles. The number of carboxylic acids is 1. The van der Waals surface area contributed by atoms with Crippen LogP contribution in [0.25, 0.3) is 0 Å². The van der Waals surface area contributed by atoms with Crippen molar-refractivity contribution < 1.29 is 24.2 Å². The topological polar surface area (TPSA) is 100 Å². The lowest BCUT2D eigenvalue weighted by Gasteiger charge is -2.42. The third-order valence-electron chi connectivity index (χ3n) is 4.71. The molecule has 1 aromatic carbocycles. The summed E-state index contributed by atoms with van der Waals surface area (Å²) in [4.78, 5) is 25.0. The number of rotatable bonds is 10. The van der Waals surface area contributed by atoms with Gasteiger partial charge in [-0.05, 0) is 50.1 Å². The van der Waals surface area contributed by atoms with Crippen molar-refractivity contribution in [1.82, 2.24) is 10.2 Å². The lowest BCUT2D eigenvalue weighted by atomic mass is 9.85. The van der Waals surface area contributed by atoms with Gasteiger partial charge in [-0.3, -0.25) is 9.69 Å². The number of benzene rings is 1. The number of likely N-dealkylation sites (N-methyl/N-ethyl adjacent to an activating group) is 1. The Balaban J connectivity index is 1.77. The summed E-state index contributed by atoms with van der Waals surface area (Å²) in [5.74, 6) is -0.0912. The number of nitrogens with zero attached hydrogens (tertiary/aromatic N) is 1. The van der Waals surface area contributed by atoms with Crippen LogP contribution in [0.3, 0.4) is 0 Å². The fourth-order valence-corrected chi connectivity index (χ4v) is 3.13. The molecule has 0 unspecified atom stereocenters. The number of anilines is 1. The van der Waals surface area contributed by atoms with Crippen LogP contribution in [0.1, 0.15) is 25.3 Å². The van der Waals surface area contributed by atoms with E-state index in [4.69, 9.17) is 14.6 Å². The molecule has 2 amide bonds. The lowest BCUT2D eigenvalue weighted by molar-refractivity contribution is -0.139. The Kier molecular flexibility index (Phi) is 7.87. The highest BCUT2D eigenvalue weighted by Gasteiger charge is 2.34. The molecule has 2 rings (SSSR count). The summed E-state index contributed by atoms with van der Waals surface area (Å²) in [6, 6.07) is 5.51. The molecular weight excluding hydrogens is 350 g/mol. The van der Waals surface area contributed by atoms with E-state index in [-0.39, 0.29) is 24.7 Å². The standard InChI is InChI=1S/C19H29N3O5/c1-4-22(12-18(23)24)15-10-14(11-15)20-19(25)21-17-6-5-16(9-13(17)2)27-8-7-26-3/h5-6,9,14-15H,4,7-8,10-12H2,1-3H3,(H,23,24)(H2,20,21,25). The minimum atomic E-state index is -0.823. The average Bonchev–Trinajstić information content (AvgIpc) is 2.58. The minimum Gasteiger partial charge on any atom is -0.491 e. The summed E-state index contributed by atoms with van der Waals surface area (Å²) in [5.41, 5.74) is 1.63. The van der Waals surface area contributed by atoms with E-state index in [1.165, 1.54) is 0 Å². The number of hydrogen-bond donors (Lipinski definition) is 3. The number of aliphatic carboxylic acids is 1. The van der Waals surface area contributed by atoms with E-state index in [1.54, 1.807) is 7.11 Å². The van der Waals surface area contributed by atoms with Crippen molar-refractivity contribution >= 4 is 17.7 Å². The second kappa shape index (κ2) is 10.1. The van der Waals surface area contributed by atoms with Crippen LogP contribution >= 0.6 is 0 Å².